The van der Waals surface area contributed by atoms with Gasteiger partial charge >= 0.3 is 0 Å². The zero-order chi connectivity index (χ0) is 19.8. The van der Waals surface area contributed by atoms with Crippen molar-refractivity contribution in [1.82, 2.24) is 0 Å². The molecular weight excluding hydrogens is 390 g/mol. The number of fused-ring (bicyclic) bond motifs is 5. The van der Waals surface area contributed by atoms with Gasteiger partial charge in [0.25, 0.3) is 0 Å². The average molecular weight is 413 g/mol. The Labute approximate surface area is 168 Å². The summed E-state index contributed by atoms with van der Waals surface area (Å²) in [6, 6.07) is 0. The highest BCUT2D eigenvalue weighted by Gasteiger charge is 2.72. The molecule has 0 bridgehead atoms. The van der Waals surface area contributed by atoms with Gasteiger partial charge in [0.05, 0.1) is 10.8 Å². The summed E-state index contributed by atoms with van der Waals surface area (Å²) < 4.78 is 15.8. The lowest BCUT2D eigenvalue weighted by molar-refractivity contribution is -0.159. The Morgan fingerprint density at radius 1 is 1.37 bits per heavy atom. The first kappa shape index (κ1) is 19.4. The number of carbonyl (C=O) groups is 2. The van der Waals surface area contributed by atoms with Crippen LogP contribution in [0.5, 0.6) is 0 Å². The normalized spacial score (nSPS) is 50.7. The molecule has 4 rings (SSSR count). The van der Waals surface area contributed by atoms with Crippen molar-refractivity contribution in [2.75, 3.05) is 5.88 Å². The molecule has 0 aliphatic heterocycles. The summed E-state index contributed by atoms with van der Waals surface area (Å²) in [5, 5.41) is 11.2. The number of halogens is 3. The second kappa shape index (κ2) is 5.77. The molecule has 0 aromatic carbocycles. The van der Waals surface area contributed by atoms with Gasteiger partial charge in [0.1, 0.15) is 11.8 Å². The van der Waals surface area contributed by atoms with Crippen molar-refractivity contribution in [3.8, 4) is 0 Å². The van der Waals surface area contributed by atoms with Crippen molar-refractivity contribution in [3.63, 3.8) is 0 Å². The van der Waals surface area contributed by atoms with Gasteiger partial charge in [-0.1, -0.05) is 32.1 Å². The Morgan fingerprint density at radius 3 is 2.74 bits per heavy atom. The van der Waals surface area contributed by atoms with Crippen LogP contribution in [0.3, 0.4) is 0 Å². The lowest BCUT2D eigenvalue weighted by atomic mass is 9.47. The fraction of sp³-hybridized carbons (Fsp3) is 0.619. The third-order valence-electron chi connectivity index (χ3n) is 7.90. The summed E-state index contributed by atoms with van der Waals surface area (Å²) in [7, 11) is 0. The molecule has 0 aromatic rings. The Hall–Kier alpha value is -0.970. The van der Waals surface area contributed by atoms with Gasteiger partial charge < -0.3 is 5.11 Å². The molecule has 0 saturated heterocycles. The number of carbonyl (C=O) groups excluding carboxylic acids is 2. The van der Waals surface area contributed by atoms with E-state index in [0.29, 0.717) is 12.0 Å². The van der Waals surface area contributed by atoms with Gasteiger partial charge in [0.15, 0.2) is 11.6 Å². The molecule has 27 heavy (non-hydrogen) atoms. The van der Waals surface area contributed by atoms with Gasteiger partial charge in [-0.15, -0.1) is 23.2 Å². The topological polar surface area (TPSA) is 54.4 Å². The van der Waals surface area contributed by atoms with Crippen molar-refractivity contribution in [2.24, 2.45) is 22.7 Å². The molecule has 0 spiro atoms. The maximum absolute atomic E-state index is 15.8. The number of ketones is 2. The van der Waals surface area contributed by atoms with E-state index < -0.39 is 33.3 Å². The molecule has 0 amide bonds. The van der Waals surface area contributed by atoms with Gasteiger partial charge in [-0.25, -0.2) is 4.39 Å². The number of Topliss-reactive ketones (excluding diaryl/α,β-unsaturated/α-hetero) is 1. The fourth-order valence-corrected chi connectivity index (χ4v) is 6.88. The van der Waals surface area contributed by atoms with E-state index >= 15 is 4.39 Å². The maximum Gasteiger partial charge on any atom is 0.179 e. The predicted molar refractivity (Wildman–Crippen MR) is 103 cm³/mol. The minimum absolute atomic E-state index is 0.0186. The molecule has 2 saturated carbocycles. The molecular formula is C21H23Cl2FO3. The van der Waals surface area contributed by atoms with E-state index in [9.17, 15) is 14.7 Å². The van der Waals surface area contributed by atoms with Crippen LogP contribution in [-0.4, -0.2) is 39.2 Å². The molecule has 0 heterocycles. The summed E-state index contributed by atoms with van der Waals surface area (Å²) >= 11 is 12.9. The lowest BCUT2D eigenvalue weighted by Gasteiger charge is -2.61. The number of rotatable bonds is 2. The van der Waals surface area contributed by atoms with Crippen LogP contribution >= 0.6 is 23.2 Å². The summed E-state index contributed by atoms with van der Waals surface area (Å²) in [6.45, 7) is 3.66. The van der Waals surface area contributed by atoms with Crippen LogP contribution in [0, 0.1) is 22.7 Å². The summed E-state index contributed by atoms with van der Waals surface area (Å²) in [6.07, 6.45) is 7.76. The van der Waals surface area contributed by atoms with Crippen LogP contribution in [-0.2, 0) is 9.59 Å². The number of alkyl halides is 3. The van der Waals surface area contributed by atoms with E-state index in [4.69, 9.17) is 23.2 Å². The van der Waals surface area contributed by atoms with Crippen LogP contribution < -0.4 is 0 Å². The first-order chi connectivity index (χ1) is 12.5. The Morgan fingerprint density at radius 2 is 2.07 bits per heavy atom. The minimum Gasteiger partial charge on any atom is -0.381 e. The van der Waals surface area contributed by atoms with E-state index in [-0.39, 0.29) is 36.3 Å². The van der Waals surface area contributed by atoms with E-state index in [0.717, 1.165) is 0 Å². The minimum atomic E-state index is -1.63. The highest BCUT2D eigenvalue weighted by molar-refractivity contribution is 6.29. The van der Waals surface area contributed by atoms with E-state index in [2.05, 4.69) is 0 Å². The van der Waals surface area contributed by atoms with Crippen LogP contribution in [0.1, 0.15) is 33.1 Å². The Balaban J connectivity index is 1.86. The second-order valence-electron chi connectivity index (χ2n) is 8.84. The molecule has 7 atom stereocenters. The third-order valence-corrected chi connectivity index (χ3v) is 9.02. The fourth-order valence-electron chi connectivity index (χ4n) is 6.18. The quantitative estimate of drug-likeness (QED) is 0.699. The first-order valence-electron chi connectivity index (χ1n) is 9.33. The first-order valence-corrected chi connectivity index (χ1v) is 10.2. The van der Waals surface area contributed by atoms with Gasteiger partial charge in [0, 0.05) is 16.7 Å². The molecule has 4 aliphatic carbocycles. The smallest absolute Gasteiger partial charge is 0.179 e. The molecule has 6 heteroatoms. The third kappa shape index (κ3) is 2.13. The van der Waals surface area contributed by atoms with E-state index in [1.807, 2.05) is 19.1 Å². The zero-order valence-corrected chi connectivity index (χ0v) is 16.9. The molecule has 0 aromatic heterocycles. The predicted octanol–water partition coefficient (Wildman–Crippen LogP) is 3.92. The van der Waals surface area contributed by atoms with Gasteiger partial charge in [-0.05, 0) is 42.9 Å². The van der Waals surface area contributed by atoms with E-state index in [1.165, 1.54) is 12.2 Å². The molecule has 2 fully saturated rings. The summed E-state index contributed by atoms with van der Waals surface area (Å²) in [5.41, 5.74) is -2.69. The maximum atomic E-state index is 15.8. The molecule has 1 N–H and O–H groups in total. The second-order valence-corrected chi connectivity index (χ2v) is 9.73. The summed E-state index contributed by atoms with van der Waals surface area (Å²) in [5.74, 6) is -1.40. The molecule has 3 nitrogen and oxygen atoms in total. The molecule has 0 radical (unpaired) electrons. The number of hydrogen-bond acceptors (Lipinski definition) is 3. The molecule has 1 unspecified atom stereocenters. The SMILES string of the molecule is C[C@]12C=CC(=O)C=C1C=C[C@H]1[C@@H]3CC[C@](O)(C(=O)CCl)[C@@]3(C)CC(F)[C@@]12Cl. The highest BCUT2D eigenvalue weighted by Crippen LogP contribution is 2.69. The van der Waals surface area contributed by atoms with Crippen LogP contribution in [0.25, 0.3) is 0 Å². The molecule has 4 aliphatic rings. The largest absolute Gasteiger partial charge is 0.381 e. The Bertz CT molecular complexity index is 820. The van der Waals surface area contributed by atoms with Gasteiger partial charge in [-0.3, -0.25) is 9.59 Å². The Kier molecular flexibility index (Phi) is 4.14. The van der Waals surface area contributed by atoms with Crippen molar-refractivity contribution in [1.29, 1.82) is 0 Å². The number of allylic oxidation sites excluding steroid dienone is 6. The van der Waals surface area contributed by atoms with Crippen LogP contribution in [0.4, 0.5) is 4.39 Å². The van der Waals surface area contributed by atoms with Crippen molar-refractivity contribution in [3.05, 3.63) is 36.0 Å². The average Bonchev–Trinajstić information content (AvgIpc) is 2.88. The standard InChI is InChI=1S/C21H23Cl2FO3/c1-18-7-5-13(25)9-12(18)3-4-15-14-6-8-20(27,17(26)11-22)19(14,2)10-16(24)21(15,18)23/h3-5,7,9,14-16,27H,6,8,10-11H2,1-2H3/t14-,15-,16?,18-,19-,20-,21-/m0/s1. The van der Waals surface area contributed by atoms with Gasteiger partial charge in [-0.2, -0.15) is 0 Å². The van der Waals surface area contributed by atoms with Crippen molar-refractivity contribution in [2.45, 2.75) is 49.8 Å². The van der Waals surface area contributed by atoms with Crippen molar-refractivity contribution >= 4 is 34.8 Å². The molecule has 146 valence electrons. The van der Waals surface area contributed by atoms with E-state index in [1.54, 1.807) is 13.0 Å². The number of hydrogen-bond donors (Lipinski definition) is 1. The monoisotopic (exact) mass is 412 g/mol. The van der Waals surface area contributed by atoms with Crippen molar-refractivity contribution < 1.29 is 19.1 Å². The summed E-state index contributed by atoms with van der Waals surface area (Å²) in [4.78, 5) is 23.0. The zero-order valence-electron chi connectivity index (χ0n) is 15.3. The lowest BCUT2D eigenvalue weighted by Crippen LogP contribution is -2.66. The number of aliphatic hydroxyl groups is 1. The van der Waals surface area contributed by atoms with Crippen LogP contribution in [0.2, 0.25) is 0 Å². The highest BCUT2D eigenvalue weighted by atomic mass is 35.5. The van der Waals surface area contributed by atoms with Crippen LogP contribution in [0.15, 0.2) is 36.0 Å². The van der Waals surface area contributed by atoms with Gasteiger partial charge in [0.2, 0.25) is 0 Å².